The standard InChI is InChI=1S/C18H22N4OS2/c1-5-21-7-6-14(20-21)17(23)19-18-22(8-9-24-4)15-11-12(2)10-13(3)16(15)25-18/h6-7,10-11H,5,8-9H2,1-4H3. The van der Waals surface area contributed by atoms with Crippen LogP contribution in [0.15, 0.2) is 29.4 Å². The maximum Gasteiger partial charge on any atom is 0.300 e. The van der Waals surface area contributed by atoms with Crippen LogP contribution in [0.3, 0.4) is 0 Å². The Balaban J connectivity index is 2.13. The van der Waals surface area contributed by atoms with Crippen molar-refractivity contribution in [2.45, 2.75) is 33.9 Å². The average Bonchev–Trinajstić information content (AvgIpc) is 3.18. The molecule has 132 valence electrons. The molecule has 2 heterocycles. The molecule has 1 amide bonds. The number of carbonyl (C=O) groups is 1. The molecule has 0 N–H and O–H groups in total. The summed E-state index contributed by atoms with van der Waals surface area (Å²) < 4.78 is 5.09. The van der Waals surface area contributed by atoms with E-state index in [9.17, 15) is 4.79 Å². The number of rotatable bonds is 5. The lowest BCUT2D eigenvalue weighted by molar-refractivity contribution is 0.0992. The fourth-order valence-electron chi connectivity index (χ4n) is 2.79. The number of benzene rings is 1. The Morgan fingerprint density at radius 3 is 2.84 bits per heavy atom. The summed E-state index contributed by atoms with van der Waals surface area (Å²) in [6.45, 7) is 7.77. The third-order valence-corrected chi connectivity index (χ3v) is 5.83. The first-order chi connectivity index (χ1) is 12.0. The number of aromatic nitrogens is 3. The normalized spacial score (nSPS) is 12.2. The largest absolute Gasteiger partial charge is 0.315 e. The minimum atomic E-state index is -0.286. The number of thioether (sulfide) groups is 1. The lowest BCUT2D eigenvalue weighted by Gasteiger charge is -2.05. The third kappa shape index (κ3) is 3.72. The van der Waals surface area contributed by atoms with Crippen molar-refractivity contribution in [3.63, 3.8) is 0 Å². The van der Waals surface area contributed by atoms with E-state index in [1.54, 1.807) is 33.8 Å². The Kier molecular flexibility index (Phi) is 5.44. The van der Waals surface area contributed by atoms with Gasteiger partial charge in [0.25, 0.3) is 5.91 Å². The smallest absolute Gasteiger partial charge is 0.300 e. The van der Waals surface area contributed by atoms with Crippen LogP contribution < -0.4 is 4.80 Å². The van der Waals surface area contributed by atoms with E-state index in [-0.39, 0.29) is 5.91 Å². The zero-order valence-corrected chi connectivity index (χ0v) is 16.6. The summed E-state index contributed by atoms with van der Waals surface area (Å²) in [6, 6.07) is 6.07. The highest BCUT2D eigenvalue weighted by molar-refractivity contribution is 7.98. The minimum Gasteiger partial charge on any atom is -0.315 e. The zero-order valence-electron chi connectivity index (χ0n) is 14.9. The van der Waals surface area contributed by atoms with Crippen LogP contribution in [-0.2, 0) is 13.1 Å². The fourth-order valence-corrected chi connectivity index (χ4v) is 4.26. The van der Waals surface area contributed by atoms with Crippen LogP contribution in [0.2, 0.25) is 0 Å². The number of hydrogen-bond acceptors (Lipinski definition) is 4. The second kappa shape index (κ2) is 7.58. The van der Waals surface area contributed by atoms with Crippen LogP contribution in [0.5, 0.6) is 0 Å². The summed E-state index contributed by atoms with van der Waals surface area (Å²) in [6.07, 6.45) is 3.90. The van der Waals surface area contributed by atoms with Crippen LogP contribution in [0.4, 0.5) is 0 Å². The zero-order chi connectivity index (χ0) is 18.0. The molecular formula is C18H22N4OS2. The number of amides is 1. The number of fused-ring (bicyclic) bond motifs is 1. The van der Waals surface area contributed by atoms with Crippen LogP contribution in [0.25, 0.3) is 10.2 Å². The quantitative estimate of drug-likeness (QED) is 0.685. The van der Waals surface area contributed by atoms with E-state index in [4.69, 9.17) is 0 Å². The molecule has 0 aliphatic heterocycles. The highest BCUT2D eigenvalue weighted by Crippen LogP contribution is 2.23. The van der Waals surface area contributed by atoms with Crippen molar-refractivity contribution in [1.82, 2.24) is 14.3 Å². The summed E-state index contributed by atoms with van der Waals surface area (Å²) in [7, 11) is 0. The van der Waals surface area contributed by atoms with Crippen LogP contribution in [-0.4, -0.2) is 32.3 Å². The van der Waals surface area contributed by atoms with Gasteiger partial charge >= 0.3 is 0 Å². The molecule has 1 aromatic carbocycles. The van der Waals surface area contributed by atoms with Gasteiger partial charge < -0.3 is 4.57 Å². The molecule has 0 bridgehead atoms. The fraction of sp³-hybridized carbons (Fsp3) is 0.389. The van der Waals surface area contributed by atoms with E-state index in [1.165, 1.54) is 15.8 Å². The Labute approximate surface area is 155 Å². The molecule has 0 aliphatic carbocycles. The van der Waals surface area contributed by atoms with Gasteiger partial charge in [0.05, 0.1) is 10.2 Å². The van der Waals surface area contributed by atoms with Gasteiger partial charge in [0.15, 0.2) is 10.5 Å². The van der Waals surface area contributed by atoms with E-state index < -0.39 is 0 Å². The van der Waals surface area contributed by atoms with E-state index in [1.807, 2.05) is 13.1 Å². The maximum absolute atomic E-state index is 12.5. The summed E-state index contributed by atoms with van der Waals surface area (Å²) in [4.78, 5) is 17.7. The van der Waals surface area contributed by atoms with Gasteiger partial charge in [0.2, 0.25) is 0 Å². The molecular weight excluding hydrogens is 352 g/mol. The van der Waals surface area contributed by atoms with Crippen molar-refractivity contribution in [2.75, 3.05) is 12.0 Å². The summed E-state index contributed by atoms with van der Waals surface area (Å²) in [5.41, 5.74) is 3.99. The molecule has 2 aromatic heterocycles. The lowest BCUT2D eigenvalue weighted by Crippen LogP contribution is -2.18. The molecule has 0 unspecified atom stereocenters. The molecule has 0 atom stereocenters. The molecule has 0 spiro atoms. The second-order valence-electron chi connectivity index (χ2n) is 5.93. The second-order valence-corrected chi connectivity index (χ2v) is 7.90. The molecule has 0 saturated carbocycles. The molecule has 5 nitrogen and oxygen atoms in total. The number of carbonyl (C=O) groups excluding carboxylic acids is 1. The number of aryl methyl sites for hydroxylation is 4. The Hall–Kier alpha value is -1.86. The van der Waals surface area contributed by atoms with Crippen molar-refractivity contribution in [2.24, 2.45) is 4.99 Å². The topological polar surface area (TPSA) is 52.2 Å². The predicted octanol–water partition coefficient (Wildman–Crippen LogP) is 3.64. The number of hydrogen-bond donors (Lipinski definition) is 0. The first kappa shape index (κ1) is 17.9. The van der Waals surface area contributed by atoms with Crippen molar-refractivity contribution in [3.05, 3.63) is 46.0 Å². The predicted molar refractivity (Wildman–Crippen MR) is 105 cm³/mol. The molecule has 0 fully saturated rings. The van der Waals surface area contributed by atoms with Crippen molar-refractivity contribution >= 4 is 39.2 Å². The molecule has 0 aliphatic rings. The van der Waals surface area contributed by atoms with Crippen molar-refractivity contribution < 1.29 is 4.79 Å². The summed E-state index contributed by atoms with van der Waals surface area (Å²) in [5.74, 6) is 0.691. The monoisotopic (exact) mass is 374 g/mol. The van der Waals surface area contributed by atoms with Gasteiger partial charge in [-0.2, -0.15) is 21.9 Å². The minimum absolute atomic E-state index is 0.286. The van der Waals surface area contributed by atoms with Crippen LogP contribution >= 0.6 is 23.1 Å². The van der Waals surface area contributed by atoms with E-state index in [0.29, 0.717) is 5.69 Å². The SMILES string of the molecule is CCn1ccc(C(=O)N=c2sc3c(C)cc(C)cc3n2CCSC)n1. The van der Waals surface area contributed by atoms with Gasteiger partial charge in [-0.1, -0.05) is 17.4 Å². The highest BCUT2D eigenvalue weighted by Gasteiger charge is 2.13. The van der Waals surface area contributed by atoms with Crippen molar-refractivity contribution in [1.29, 1.82) is 0 Å². The Morgan fingerprint density at radius 1 is 1.36 bits per heavy atom. The molecule has 0 radical (unpaired) electrons. The van der Waals surface area contributed by atoms with Crippen LogP contribution in [0.1, 0.15) is 28.5 Å². The lowest BCUT2D eigenvalue weighted by atomic mass is 10.1. The Bertz CT molecular complexity index is 981. The summed E-state index contributed by atoms with van der Waals surface area (Å²) >= 11 is 3.37. The molecule has 3 rings (SSSR count). The average molecular weight is 375 g/mol. The van der Waals surface area contributed by atoms with E-state index >= 15 is 0 Å². The molecule has 0 saturated heterocycles. The van der Waals surface area contributed by atoms with Crippen LogP contribution in [0, 0.1) is 13.8 Å². The van der Waals surface area contributed by atoms with Crippen molar-refractivity contribution in [3.8, 4) is 0 Å². The maximum atomic E-state index is 12.5. The first-order valence-electron chi connectivity index (χ1n) is 8.25. The van der Waals surface area contributed by atoms with Gasteiger partial charge in [-0.15, -0.1) is 0 Å². The number of nitrogens with zero attached hydrogens (tertiary/aromatic N) is 4. The van der Waals surface area contributed by atoms with E-state index in [0.717, 1.165) is 29.2 Å². The first-order valence-corrected chi connectivity index (χ1v) is 10.5. The summed E-state index contributed by atoms with van der Waals surface area (Å²) in [5, 5.41) is 4.27. The van der Waals surface area contributed by atoms with Gasteiger partial charge in [-0.05, 0) is 50.3 Å². The van der Waals surface area contributed by atoms with Gasteiger partial charge in [-0.25, -0.2) is 0 Å². The van der Waals surface area contributed by atoms with Gasteiger partial charge in [0.1, 0.15) is 0 Å². The third-order valence-electron chi connectivity index (χ3n) is 4.01. The molecule has 7 heteroatoms. The van der Waals surface area contributed by atoms with Gasteiger partial charge in [0, 0.05) is 25.0 Å². The Morgan fingerprint density at radius 2 is 2.16 bits per heavy atom. The highest BCUT2D eigenvalue weighted by atomic mass is 32.2. The van der Waals surface area contributed by atoms with Gasteiger partial charge in [-0.3, -0.25) is 9.48 Å². The molecule has 3 aromatic rings. The van der Waals surface area contributed by atoms with E-state index in [2.05, 4.69) is 46.9 Å². The number of thiazole rings is 1. The molecule has 25 heavy (non-hydrogen) atoms.